The first-order valence-electron chi connectivity index (χ1n) is 5.67. The number of amides is 1. The Bertz CT molecular complexity index is 381. The van der Waals surface area contributed by atoms with Crippen LogP contribution in [0.2, 0.25) is 0 Å². The number of rotatable bonds is 5. The van der Waals surface area contributed by atoms with Gasteiger partial charge in [0.05, 0.1) is 6.04 Å². The lowest BCUT2D eigenvalue weighted by Crippen LogP contribution is -2.36. The molecule has 0 heterocycles. The molecule has 0 aromatic heterocycles. The van der Waals surface area contributed by atoms with Gasteiger partial charge in [0, 0.05) is 11.6 Å². The summed E-state index contributed by atoms with van der Waals surface area (Å²) < 4.78 is 6.01. The summed E-state index contributed by atoms with van der Waals surface area (Å²) in [5.74, 6) is -0.0879. The number of nitrogens with one attached hydrogen (secondary N) is 1. The maximum absolute atomic E-state index is 11.8. The van der Waals surface area contributed by atoms with Crippen LogP contribution in [0.4, 0.5) is 0 Å². The van der Waals surface area contributed by atoms with E-state index in [1.54, 1.807) is 6.92 Å². The lowest BCUT2D eigenvalue weighted by atomic mass is 10.0. The molecule has 17 heavy (non-hydrogen) atoms. The first kappa shape index (κ1) is 14.2. The number of hydrogen-bond donors (Lipinski definition) is 1. The fourth-order valence-corrected chi connectivity index (χ4v) is 2.11. The van der Waals surface area contributed by atoms with Crippen molar-refractivity contribution in [3.8, 4) is 0 Å². The summed E-state index contributed by atoms with van der Waals surface area (Å²) >= 11 is 3.50. The average molecular weight is 300 g/mol. The lowest BCUT2D eigenvalue weighted by molar-refractivity contribution is -0.130. The monoisotopic (exact) mass is 299 g/mol. The van der Waals surface area contributed by atoms with Crippen LogP contribution in [-0.2, 0) is 9.53 Å². The van der Waals surface area contributed by atoms with E-state index < -0.39 is 6.10 Å². The van der Waals surface area contributed by atoms with E-state index in [4.69, 9.17) is 4.74 Å². The van der Waals surface area contributed by atoms with E-state index in [1.165, 1.54) is 7.11 Å². The van der Waals surface area contributed by atoms with Gasteiger partial charge in [0.2, 0.25) is 5.91 Å². The van der Waals surface area contributed by atoms with E-state index >= 15 is 0 Å². The van der Waals surface area contributed by atoms with Crippen LogP contribution < -0.4 is 5.32 Å². The van der Waals surface area contributed by atoms with Crippen LogP contribution in [0.15, 0.2) is 28.7 Å². The quantitative estimate of drug-likeness (QED) is 0.907. The summed E-state index contributed by atoms with van der Waals surface area (Å²) in [5, 5.41) is 2.98. The minimum atomic E-state index is -0.425. The molecule has 94 valence electrons. The highest BCUT2D eigenvalue weighted by Crippen LogP contribution is 2.25. The fraction of sp³-hybridized carbons (Fsp3) is 0.462. The minimum Gasteiger partial charge on any atom is -0.372 e. The predicted octanol–water partition coefficient (Wildman–Crippen LogP) is 3.05. The third kappa shape index (κ3) is 3.82. The molecule has 0 saturated carbocycles. The standard InChI is InChI=1S/C13H18BrNO2/c1-4-12(15-13(16)9(2)17-3)10-7-5-6-8-11(10)14/h5-9,12H,4H2,1-3H3,(H,15,16)/t9-,12+/m0/s1. The van der Waals surface area contributed by atoms with Gasteiger partial charge < -0.3 is 10.1 Å². The molecule has 0 unspecified atom stereocenters. The zero-order valence-electron chi connectivity index (χ0n) is 10.4. The molecule has 0 radical (unpaired) electrons. The molecule has 2 atom stereocenters. The number of carbonyl (C=O) groups excluding carboxylic acids is 1. The third-order valence-electron chi connectivity index (χ3n) is 2.73. The highest BCUT2D eigenvalue weighted by Gasteiger charge is 2.18. The molecule has 3 nitrogen and oxygen atoms in total. The SMILES string of the molecule is CC[C@@H](NC(=O)[C@H](C)OC)c1ccccc1Br. The van der Waals surface area contributed by atoms with E-state index in [9.17, 15) is 4.79 Å². The molecule has 1 rings (SSSR count). The van der Waals surface area contributed by atoms with Crippen LogP contribution in [0, 0.1) is 0 Å². The number of hydrogen-bond acceptors (Lipinski definition) is 2. The summed E-state index contributed by atoms with van der Waals surface area (Å²) in [7, 11) is 1.53. The van der Waals surface area contributed by atoms with Crippen LogP contribution in [0.1, 0.15) is 31.9 Å². The van der Waals surface area contributed by atoms with Crippen LogP contribution in [0.5, 0.6) is 0 Å². The number of carbonyl (C=O) groups is 1. The lowest BCUT2D eigenvalue weighted by Gasteiger charge is -2.20. The molecule has 0 saturated heterocycles. The number of ether oxygens (including phenoxy) is 1. The van der Waals surface area contributed by atoms with E-state index in [-0.39, 0.29) is 11.9 Å². The van der Waals surface area contributed by atoms with Crippen molar-refractivity contribution in [3.05, 3.63) is 34.3 Å². The molecule has 1 aromatic carbocycles. The van der Waals surface area contributed by atoms with Crippen molar-refractivity contribution in [1.82, 2.24) is 5.32 Å². The van der Waals surface area contributed by atoms with Crippen molar-refractivity contribution in [2.45, 2.75) is 32.4 Å². The van der Waals surface area contributed by atoms with Crippen molar-refractivity contribution in [2.24, 2.45) is 0 Å². The van der Waals surface area contributed by atoms with Crippen LogP contribution >= 0.6 is 15.9 Å². The Labute approximate surface area is 111 Å². The molecule has 1 N–H and O–H groups in total. The number of methoxy groups -OCH3 is 1. The fourth-order valence-electron chi connectivity index (χ4n) is 1.55. The minimum absolute atomic E-state index is 0.00988. The van der Waals surface area contributed by atoms with Crippen molar-refractivity contribution < 1.29 is 9.53 Å². The molecule has 1 amide bonds. The molecule has 0 aliphatic heterocycles. The van der Waals surface area contributed by atoms with Gasteiger partial charge in [-0.15, -0.1) is 0 Å². The molecule has 1 aromatic rings. The third-order valence-corrected chi connectivity index (χ3v) is 3.45. The highest BCUT2D eigenvalue weighted by atomic mass is 79.9. The van der Waals surface area contributed by atoms with Crippen LogP contribution in [-0.4, -0.2) is 19.1 Å². The van der Waals surface area contributed by atoms with Gasteiger partial charge in [-0.1, -0.05) is 41.1 Å². The second-order valence-electron chi connectivity index (χ2n) is 3.87. The molecule has 0 aliphatic rings. The van der Waals surface area contributed by atoms with Gasteiger partial charge in [-0.25, -0.2) is 0 Å². The van der Waals surface area contributed by atoms with Gasteiger partial charge in [-0.05, 0) is 25.0 Å². The van der Waals surface area contributed by atoms with Crippen molar-refractivity contribution in [3.63, 3.8) is 0 Å². The van der Waals surface area contributed by atoms with Gasteiger partial charge in [0.25, 0.3) is 0 Å². The summed E-state index contributed by atoms with van der Waals surface area (Å²) in [6, 6.07) is 7.92. The Morgan fingerprint density at radius 2 is 2.12 bits per heavy atom. The van der Waals surface area contributed by atoms with Crippen LogP contribution in [0.3, 0.4) is 0 Å². The highest BCUT2D eigenvalue weighted by molar-refractivity contribution is 9.10. The maximum atomic E-state index is 11.8. The smallest absolute Gasteiger partial charge is 0.249 e. The summed E-state index contributed by atoms with van der Waals surface area (Å²) in [6.07, 6.45) is 0.414. The van der Waals surface area contributed by atoms with Crippen molar-refractivity contribution >= 4 is 21.8 Å². The molecular formula is C13H18BrNO2. The second-order valence-corrected chi connectivity index (χ2v) is 4.72. The van der Waals surface area contributed by atoms with Gasteiger partial charge in [-0.2, -0.15) is 0 Å². The summed E-state index contributed by atoms with van der Waals surface area (Å²) in [6.45, 7) is 3.78. The van der Waals surface area contributed by atoms with Gasteiger partial charge in [0.15, 0.2) is 0 Å². The molecule has 0 bridgehead atoms. The van der Waals surface area contributed by atoms with Crippen LogP contribution in [0.25, 0.3) is 0 Å². The van der Waals surface area contributed by atoms with Crippen molar-refractivity contribution in [2.75, 3.05) is 7.11 Å². The Balaban J connectivity index is 2.79. The normalized spacial score (nSPS) is 14.1. The first-order chi connectivity index (χ1) is 8.10. The van der Waals surface area contributed by atoms with Gasteiger partial charge >= 0.3 is 0 Å². The zero-order valence-corrected chi connectivity index (χ0v) is 12.0. The molecular weight excluding hydrogens is 282 g/mol. The molecule has 0 aliphatic carbocycles. The largest absolute Gasteiger partial charge is 0.372 e. The van der Waals surface area contributed by atoms with E-state index in [1.807, 2.05) is 31.2 Å². The number of benzene rings is 1. The molecule has 4 heteroatoms. The van der Waals surface area contributed by atoms with E-state index in [0.717, 1.165) is 16.5 Å². The predicted molar refractivity (Wildman–Crippen MR) is 71.8 cm³/mol. The van der Waals surface area contributed by atoms with Gasteiger partial charge in [0.1, 0.15) is 6.10 Å². The van der Waals surface area contributed by atoms with E-state index in [2.05, 4.69) is 21.2 Å². The average Bonchev–Trinajstić information content (AvgIpc) is 2.35. The summed E-state index contributed by atoms with van der Waals surface area (Å²) in [5.41, 5.74) is 1.09. The molecule has 0 spiro atoms. The summed E-state index contributed by atoms with van der Waals surface area (Å²) in [4.78, 5) is 11.8. The Morgan fingerprint density at radius 3 is 2.65 bits per heavy atom. The molecule has 0 fully saturated rings. The topological polar surface area (TPSA) is 38.3 Å². The van der Waals surface area contributed by atoms with Crippen molar-refractivity contribution in [1.29, 1.82) is 0 Å². The second kappa shape index (κ2) is 6.77. The van der Waals surface area contributed by atoms with E-state index in [0.29, 0.717) is 0 Å². The maximum Gasteiger partial charge on any atom is 0.249 e. The Hall–Kier alpha value is -0.870. The Morgan fingerprint density at radius 1 is 1.47 bits per heavy atom. The number of halogens is 1. The van der Waals surface area contributed by atoms with Gasteiger partial charge in [-0.3, -0.25) is 4.79 Å². The first-order valence-corrected chi connectivity index (χ1v) is 6.47. The zero-order chi connectivity index (χ0) is 12.8. The Kier molecular flexibility index (Phi) is 5.65.